The molecular weight excluding hydrogens is 220 g/mol. The van der Waals surface area contributed by atoms with Crippen molar-refractivity contribution in [2.45, 2.75) is 38.0 Å². The van der Waals surface area contributed by atoms with Crippen molar-refractivity contribution in [2.24, 2.45) is 0 Å². The summed E-state index contributed by atoms with van der Waals surface area (Å²) in [5.41, 5.74) is 1.24. The fourth-order valence-electron chi connectivity index (χ4n) is 3.04. The molecule has 1 heteroatoms. The van der Waals surface area contributed by atoms with Crippen LogP contribution in [0.25, 0.3) is 10.8 Å². The smallest absolute Gasteiger partial charge is 0.140 e. The van der Waals surface area contributed by atoms with E-state index in [0.29, 0.717) is 5.78 Å². The lowest BCUT2D eigenvalue weighted by molar-refractivity contribution is -0.120. The van der Waals surface area contributed by atoms with E-state index in [1.165, 1.54) is 29.2 Å². The Bertz CT molecular complexity index is 565. The first-order valence-corrected chi connectivity index (χ1v) is 6.86. The first kappa shape index (κ1) is 11.5. The highest BCUT2D eigenvalue weighted by atomic mass is 16.1. The molecule has 0 spiro atoms. The van der Waals surface area contributed by atoms with E-state index in [1.807, 2.05) is 0 Å². The third-order valence-corrected chi connectivity index (χ3v) is 4.00. The summed E-state index contributed by atoms with van der Waals surface area (Å²) in [6.07, 6.45) is 5.23. The van der Waals surface area contributed by atoms with Crippen molar-refractivity contribution in [1.29, 1.82) is 0 Å². The summed E-state index contributed by atoms with van der Waals surface area (Å²) >= 11 is 0. The van der Waals surface area contributed by atoms with Crippen molar-refractivity contribution < 1.29 is 4.79 Å². The van der Waals surface area contributed by atoms with Crippen LogP contribution in [0.2, 0.25) is 0 Å². The van der Waals surface area contributed by atoms with Gasteiger partial charge in [0.25, 0.3) is 0 Å². The molecule has 1 nitrogen and oxygen atoms in total. The first-order chi connectivity index (χ1) is 8.86. The second-order valence-electron chi connectivity index (χ2n) is 5.19. The molecule has 1 unspecified atom stereocenters. The van der Waals surface area contributed by atoms with Crippen molar-refractivity contribution >= 4 is 16.6 Å². The van der Waals surface area contributed by atoms with E-state index in [9.17, 15) is 4.79 Å². The highest BCUT2D eigenvalue weighted by Crippen LogP contribution is 2.33. The first-order valence-electron chi connectivity index (χ1n) is 6.86. The molecule has 1 aliphatic rings. The molecule has 1 aliphatic carbocycles. The van der Waals surface area contributed by atoms with Crippen LogP contribution in [0.5, 0.6) is 0 Å². The van der Waals surface area contributed by atoms with E-state index in [1.54, 1.807) is 0 Å². The van der Waals surface area contributed by atoms with Gasteiger partial charge in [0.2, 0.25) is 0 Å². The molecule has 0 radical (unpaired) electrons. The van der Waals surface area contributed by atoms with Gasteiger partial charge in [0.05, 0.1) is 0 Å². The van der Waals surface area contributed by atoms with Gasteiger partial charge in [-0.25, -0.2) is 0 Å². The topological polar surface area (TPSA) is 17.1 Å². The van der Waals surface area contributed by atoms with Crippen LogP contribution in [0.3, 0.4) is 0 Å². The van der Waals surface area contributed by atoms with E-state index in [4.69, 9.17) is 0 Å². The minimum Gasteiger partial charge on any atom is -0.299 e. The predicted molar refractivity (Wildman–Crippen MR) is 74.8 cm³/mol. The monoisotopic (exact) mass is 238 g/mol. The summed E-state index contributed by atoms with van der Waals surface area (Å²) in [7, 11) is 0. The number of benzene rings is 2. The summed E-state index contributed by atoms with van der Waals surface area (Å²) in [4.78, 5) is 12.3. The van der Waals surface area contributed by atoms with Crippen LogP contribution in [0, 0.1) is 0 Å². The summed E-state index contributed by atoms with van der Waals surface area (Å²) in [5, 5.41) is 2.49. The van der Waals surface area contributed by atoms with Gasteiger partial charge in [-0.2, -0.15) is 0 Å². The van der Waals surface area contributed by atoms with Crippen LogP contribution in [-0.4, -0.2) is 5.78 Å². The van der Waals surface area contributed by atoms with Gasteiger partial charge in [0.15, 0.2) is 0 Å². The summed E-state index contributed by atoms with van der Waals surface area (Å²) in [6, 6.07) is 14.7. The molecule has 18 heavy (non-hydrogen) atoms. The normalized spacial score (nSPS) is 20.9. The van der Waals surface area contributed by atoms with Gasteiger partial charge in [0, 0.05) is 12.3 Å². The minimum absolute atomic E-state index is 0.124. The Morgan fingerprint density at radius 1 is 0.889 bits per heavy atom. The third kappa shape index (κ3) is 2.05. The lowest BCUT2D eigenvalue weighted by Gasteiger charge is -2.15. The van der Waals surface area contributed by atoms with Crippen LogP contribution < -0.4 is 0 Å². The van der Waals surface area contributed by atoms with Crippen LogP contribution in [0.4, 0.5) is 0 Å². The maximum Gasteiger partial charge on any atom is 0.140 e. The average Bonchev–Trinajstić information content (AvgIpc) is 2.63. The Hall–Kier alpha value is -1.63. The quantitative estimate of drug-likeness (QED) is 0.670. The fourth-order valence-corrected chi connectivity index (χ4v) is 3.04. The predicted octanol–water partition coefficient (Wildman–Crippen LogP) is 4.46. The van der Waals surface area contributed by atoms with Crippen LogP contribution in [0.1, 0.15) is 43.6 Å². The zero-order valence-electron chi connectivity index (χ0n) is 10.6. The molecular formula is C17H18O. The molecule has 0 N–H and O–H groups in total. The number of hydrogen-bond acceptors (Lipinski definition) is 1. The number of hydrogen-bond donors (Lipinski definition) is 0. The molecule has 2 aromatic rings. The maximum atomic E-state index is 12.3. The molecule has 0 heterocycles. The molecule has 0 aliphatic heterocycles. The molecule has 1 atom stereocenters. The van der Waals surface area contributed by atoms with Crippen LogP contribution >= 0.6 is 0 Å². The summed E-state index contributed by atoms with van der Waals surface area (Å²) < 4.78 is 0. The Morgan fingerprint density at radius 2 is 1.72 bits per heavy atom. The SMILES string of the molecule is O=C1CCCCCC1c1cccc2ccccc12. The molecule has 0 saturated heterocycles. The number of carbonyl (C=O) groups is 1. The van der Waals surface area contributed by atoms with Gasteiger partial charge in [-0.15, -0.1) is 0 Å². The van der Waals surface area contributed by atoms with E-state index in [-0.39, 0.29) is 5.92 Å². The van der Waals surface area contributed by atoms with E-state index < -0.39 is 0 Å². The third-order valence-electron chi connectivity index (χ3n) is 4.00. The molecule has 0 amide bonds. The van der Waals surface area contributed by atoms with Crippen molar-refractivity contribution in [2.75, 3.05) is 0 Å². The summed E-state index contributed by atoms with van der Waals surface area (Å²) in [5.74, 6) is 0.558. The molecule has 2 aromatic carbocycles. The number of rotatable bonds is 1. The molecule has 1 saturated carbocycles. The number of Topliss-reactive ketones (excluding diaryl/α,β-unsaturated/α-hetero) is 1. The van der Waals surface area contributed by atoms with Gasteiger partial charge < -0.3 is 0 Å². The van der Waals surface area contributed by atoms with Gasteiger partial charge in [0.1, 0.15) is 5.78 Å². The lowest BCUT2D eigenvalue weighted by atomic mass is 9.87. The molecule has 1 fully saturated rings. The van der Waals surface area contributed by atoms with Gasteiger partial charge in [-0.05, 0) is 29.2 Å². The molecule has 0 aromatic heterocycles. The van der Waals surface area contributed by atoms with E-state index >= 15 is 0 Å². The Labute approximate surface area is 108 Å². The van der Waals surface area contributed by atoms with Crippen molar-refractivity contribution in [3.63, 3.8) is 0 Å². The van der Waals surface area contributed by atoms with Crippen molar-refractivity contribution in [3.05, 3.63) is 48.0 Å². The zero-order valence-corrected chi connectivity index (χ0v) is 10.6. The number of fused-ring (bicyclic) bond motifs is 1. The molecule has 0 bridgehead atoms. The van der Waals surface area contributed by atoms with Gasteiger partial charge in [-0.3, -0.25) is 4.79 Å². The second kappa shape index (κ2) is 4.93. The van der Waals surface area contributed by atoms with Crippen LogP contribution in [-0.2, 0) is 4.79 Å². The maximum absolute atomic E-state index is 12.3. The standard InChI is InChI=1S/C17H18O/c18-17-12-3-1-2-10-16(17)15-11-6-8-13-7-4-5-9-14(13)15/h4-9,11,16H,1-3,10,12H2. The Kier molecular flexibility index (Phi) is 3.14. The van der Waals surface area contributed by atoms with E-state index in [2.05, 4.69) is 42.5 Å². The highest BCUT2D eigenvalue weighted by Gasteiger charge is 2.23. The summed E-state index contributed by atoms with van der Waals surface area (Å²) in [6.45, 7) is 0. The Morgan fingerprint density at radius 3 is 2.67 bits per heavy atom. The second-order valence-corrected chi connectivity index (χ2v) is 5.19. The van der Waals surface area contributed by atoms with Crippen LogP contribution in [0.15, 0.2) is 42.5 Å². The largest absolute Gasteiger partial charge is 0.299 e. The average molecular weight is 238 g/mol. The highest BCUT2D eigenvalue weighted by molar-refractivity contribution is 5.93. The van der Waals surface area contributed by atoms with Gasteiger partial charge in [-0.1, -0.05) is 55.3 Å². The minimum atomic E-state index is 0.124. The van der Waals surface area contributed by atoms with Crippen molar-refractivity contribution in [1.82, 2.24) is 0 Å². The number of carbonyl (C=O) groups excluding carboxylic acids is 1. The van der Waals surface area contributed by atoms with Crippen molar-refractivity contribution in [3.8, 4) is 0 Å². The lowest BCUT2D eigenvalue weighted by Crippen LogP contribution is -2.10. The Balaban J connectivity index is 2.10. The zero-order chi connectivity index (χ0) is 12.4. The van der Waals surface area contributed by atoms with E-state index in [0.717, 1.165) is 19.3 Å². The molecule has 3 rings (SSSR count). The number of ketones is 1. The van der Waals surface area contributed by atoms with Gasteiger partial charge >= 0.3 is 0 Å². The fraction of sp³-hybridized carbons (Fsp3) is 0.353. The molecule has 92 valence electrons.